The van der Waals surface area contributed by atoms with Crippen LogP contribution in [-0.2, 0) is 22.1 Å². The third-order valence-corrected chi connectivity index (χ3v) is 7.03. The highest BCUT2D eigenvalue weighted by Crippen LogP contribution is 2.32. The average molecular weight is 633 g/mol. The normalized spacial score (nSPS) is 11.0. The number of rotatable bonds is 10. The number of para-hydroxylation sites is 1. The van der Waals surface area contributed by atoms with Crippen molar-refractivity contribution in [1.29, 1.82) is 0 Å². The Hall–Kier alpha value is -5.45. The molecule has 0 saturated carbocycles. The van der Waals surface area contributed by atoms with Crippen LogP contribution in [0.25, 0.3) is 11.1 Å². The summed E-state index contributed by atoms with van der Waals surface area (Å²) in [5.41, 5.74) is 1.58. The fourth-order valence-electron chi connectivity index (χ4n) is 4.68. The smallest absolute Gasteiger partial charge is 0.416 e. The van der Waals surface area contributed by atoms with Crippen molar-refractivity contribution >= 4 is 29.4 Å². The van der Waals surface area contributed by atoms with Gasteiger partial charge in [0.2, 0.25) is 0 Å². The van der Waals surface area contributed by atoms with Gasteiger partial charge in [0.25, 0.3) is 11.8 Å². The van der Waals surface area contributed by atoms with Crippen molar-refractivity contribution in [3.05, 3.63) is 119 Å². The van der Waals surface area contributed by atoms with Gasteiger partial charge in [0.1, 0.15) is 11.3 Å². The highest BCUT2D eigenvalue weighted by atomic mass is 19.4. The van der Waals surface area contributed by atoms with Crippen molar-refractivity contribution in [3.8, 4) is 16.9 Å². The zero-order chi connectivity index (χ0) is 33.4. The van der Waals surface area contributed by atoms with Crippen LogP contribution in [-0.4, -0.2) is 49.9 Å². The van der Waals surface area contributed by atoms with E-state index >= 15 is 0 Å². The lowest BCUT2D eigenvalue weighted by atomic mass is 9.97. The molecule has 4 rings (SSSR count). The lowest BCUT2D eigenvalue weighted by Gasteiger charge is -2.17. The van der Waals surface area contributed by atoms with E-state index in [1.807, 2.05) is 0 Å². The van der Waals surface area contributed by atoms with Crippen LogP contribution in [0.5, 0.6) is 5.75 Å². The van der Waals surface area contributed by atoms with Gasteiger partial charge in [0.15, 0.2) is 0 Å². The summed E-state index contributed by atoms with van der Waals surface area (Å²) >= 11 is 0. The van der Waals surface area contributed by atoms with E-state index in [2.05, 4.69) is 5.32 Å². The van der Waals surface area contributed by atoms with Gasteiger partial charge in [0, 0.05) is 26.1 Å². The molecule has 4 aromatic rings. The van der Waals surface area contributed by atoms with Crippen molar-refractivity contribution in [2.24, 2.45) is 0 Å². The number of hydrogen-bond donors (Lipinski definition) is 1. The SMILES string of the molecule is COC(=O)c1ccccc1OC(=O)CCCc1ccc(NC(=O)c2ccccc2-c2ccc(C(F)(F)F)cc2)c(C(=O)N(C)C)c1. The molecule has 4 aromatic carbocycles. The zero-order valence-corrected chi connectivity index (χ0v) is 25.3. The largest absolute Gasteiger partial charge is 0.465 e. The number of nitrogens with zero attached hydrogens (tertiary/aromatic N) is 1. The van der Waals surface area contributed by atoms with Gasteiger partial charge in [-0.15, -0.1) is 0 Å². The van der Waals surface area contributed by atoms with Gasteiger partial charge in [-0.25, -0.2) is 4.79 Å². The standard InChI is InChI=1S/C35H31F3N2O6/c1-40(2)33(43)28-21-22(9-8-14-31(41)46-30-13-7-6-12-27(30)34(44)45-3)15-20-29(28)39-32(42)26-11-5-4-10-25(26)23-16-18-24(19-17-23)35(36,37)38/h4-7,10-13,15-21H,8-9,14H2,1-3H3,(H,39,42). The molecule has 0 aliphatic carbocycles. The summed E-state index contributed by atoms with van der Waals surface area (Å²) in [5, 5.41) is 2.78. The Balaban J connectivity index is 1.49. The van der Waals surface area contributed by atoms with Gasteiger partial charge in [-0.2, -0.15) is 13.2 Å². The Labute approximate surface area is 263 Å². The molecule has 0 radical (unpaired) electrons. The van der Waals surface area contributed by atoms with Crippen molar-refractivity contribution in [2.75, 3.05) is 26.5 Å². The molecule has 0 bridgehead atoms. The van der Waals surface area contributed by atoms with Gasteiger partial charge >= 0.3 is 18.1 Å². The minimum absolute atomic E-state index is 0.0334. The number of aryl methyl sites for hydroxylation is 1. The molecule has 0 spiro atoms. The quantitative estimate of drug-likeness (QED) is 0.149. The molecule has 0 aromatic heterocycles. The van der Waals surface area contributed by atoms with Crippen LogP contribution in [0, 0.1) is 0 Å². The number of carbonyl (C=O) groups is 4. The number of benzene rings is 4. The second-order valence-corrected chi connectivity index (χ2v) is 10.5. The van der Waals surface area contributed by atoms with Crippen LogP contribution in [0.4, 0.5) is 18.9 Å². The third kappa shape index (κ3) is 8.17. The summed E-state index contributed by atoms with van der Waals surface area (Å²) < 4.78 is 49.3. The molecule has 0 aliphatic rings. The Kier molecular flexibility index (Phi) is 10.6. The molecule has 0 heterocycles. The van der Waals surface area contributed by atoms with E-state index in [0.717, 1.165) is 17.7 Å². The maximum Gasteiger partial charge on any atom is 0.416 e. The van der Waals surface area contributed by atoms with Crippen molar-refractivity contribution in [2.45, 2.75) is 25.4 Å². The van der Waals surface area contributed by atoms with Crippen molar-refractivity contribution in [3.63, 3.8) is 0 Å². The lowest BCUT2D eigenvalue weighted by molar-refractivity contribution is -0.137. The number of halogens is 3. The Morgan fingerprint density at radius 2 is 1.46 bits per heavy atom. The summed E-state index contributed by atoms with van der Waals surface area (Å²) in [6.07, 6.45) is -3.67. The summed E-state index contributed by atoms with van der Waals surface area (Å²) in [6, 6.07) is 22.2. The summed E-state index contributed by atoms with van der Waals surface area (Å²) in [7, 11) is 4.38. The van der Waals surface area contributed by atoms with Gasteiger partial charge < -0.3 is 19.7 Å². The Bertz CT molecular complexity index is 1750. The van der Waals surface area contributed by atoms with Crippen LogP contribution >= 0.6 is 0 Å². The van der Waals surface area contributed by atoms with Crippen LogP contribution in [0.3, 0.4) is 0 Å². The average Bonchev–Trinajstić information content (AvgIpc) is 3.04. The second-order valence-electron chi connectivity index (χ2n) is 10.5. The van der Waals surface area contributed by atoms with E-state index in [1.165, 1.54) is 36.3 Å². The number of carbonyl (C=O) groups excluding carboxylic acids is 4. The van der Waals surface area contributed by atoms with E-state index in [4.69, 9.17) is 9.47 Å². The predicted octanol–water partition coefficient (Wildman–Crippen LogP) is 7.04. The number of esters is 2. The first-order chi connectivity index (χ1) is 21.9. The molecule has 0 saturated heterocycles. The van der Waals surface area contributed by atoms with Crippen LogP contribution in [0.1, 0.15) is 55.0 Å². The fourth-order valence-corrected chi connectivity index (χ4v) is 4.68. The first-order valence-corrected chi connectivity index (χ1v) is 14.2. The summed E-state index contributed by atoms with van der Waals surface area (Å²) in [6.45, 7) is 0. The maximum atomic E-state index is 13.5. The molecular formula is C35H31F3N2O6. The molecular weight excluding hydrogens is 601 g/mol. The minimum Gasteiger partial charge on any atom is -0.465 e. The van der Waals surface area contributed by atoms with Gasteiger partial charge in [-0.1, -0.05) is 48.5 Å². The van der Waals surface area contributed by atoms with E-state index in [0.29, 0.717) is 24.0 Å². The van der Waals surface area contributed by atoms with Crippen LogP contribution < -0.4 is 10.1 Å². The lowest BCUT2D eigenvalue weighted by Crippen LogP contribution is -2.24. The monoisotopic (exact) mass is 632 g/mol. The van der Waals surface area contributed by atoms with Gasteiger partial charge in [-0.3, -0.25) is 14.4 Å². The molecule has 0 aliphatic heterocycles. The number of amides is 2. The Morgan fingerprint density at radius 1 is 0.804 bits per heavy atom. The topological polar surface area (TPSA) is 102 Å². The zero-order valence-electron chi connectivity index (χ0n) is 25.3. The summed E-state index contributed by atoms with van der Waals surface area (Å²) in [5.74, 6) is -2.00. The predicted molar refractivity (Wildman–Crippen MR) is 166 cm³/mol. The molecule has 11 heteroatoms. The second kappa shape index (κ2) is 14.6. The molecule has 1 N–H and O–H groups in total. The third-order valence-electron chi connectivity index (χ3n) is 7.03. The molecule has 2 amide bonds. The summed E-state index contributed by atoms with van der Waals surface area (Å²) in [4.78, 5) is 52.4. The molecule has 0 atom stereocenters. The molecule has 46 heavy (non-hydrogen) atoms. The van der Waals surface area contributed by atoms with E-state index < -0.39 is 29.6 Å². The number of hydrogen-bond acceptors (Lipinski definition) is 6. The van der Waals surface area contributed by atoms with Gasteiger partial charge in [0.05, 0.1) is 23.9 Å². The number of ether oxygens (including phenoxy) is 2. The molecule has 0 fully saturated rings. The molecule has 0 unspecified atom stereocenters. The minimum atomic E-state index is -4.49. The molecule has 8 nitrogen and oxygen atoms in total. The first kappa shape index (κ1) is 33.4. The van der Waals surface area contributed by atoms with E-state index in [9.17, 15) is 32.3 Å². The first-order valence-electron chi connectivity index (χ1n) is 14.2. The maximum absolute atomic E-state index is 13.5. The highest BCUT2D eigenvalue weighted by molar-refractivity contribution is 6.11. The van der Waals surface area contributed by atoms with E-state index in [-0.39, 0.29) is 40.5 Å². The van der Waals surface area contributed by atoms with Crippen LogP contribution in [0.2, 0.25) is 0 Å². The number of anilines is 1. The van der Waals surface area contributed by atoms with Crippen LogP contribution in [0.15, 0.2) is 91.0 Å². The fraction of sp³-hybridized carbons (Fsp3) is 0.200. The highest BCUT2D eigenvalue weighted by Gasteiger charge is 2.30. The van der Waals surface area contributed by atoms with Crippen molar-refractivity contribution in [1.82, 2.24) is 4.90 Å². The molecule has 238 valence electrons. The van der Waals surface area contributed by atoms with Gasteiger partial charge in [-0.05, 0) is 72.0 Å². The number of alkyl halides is 3. The number of methoxy groups -OCH3 is 1. The van der Waals surface area contributed by atoms with Crippen molar-refractivity contribution < 1.29 is 41.8 Å². The van der Waals surface area contributed by atoms with E-state index in [1.54, 1.807) is 68.7 Å². The number of nitrogens with one attached hydrogen (secondary N) is 1. The Morgan fingerprint density at radius 3 is 2.11 bits per heavy atom.